The fraction of sp³-hybridized carbons (Fsp3) is 0.0185. The van der Waals surface area contributed by atoms with Gasteiger partial charge in [-0.2, -0.15) is 5.26 Å². The Morgan fingerprint density at radius 1 is 0.397 bits per heavy atom. The van der Waals surface area contributed by atoms with Crippen LogP contribution in [0.1, 0.15) is 27.8 Å². The molecule has 1 aromatic heterocycles. The molecule has 9 aromatic rings. The van der Waals surface area contributed by atoms with Gasteiger partial charge in [-0.1, -0.05) is 182 Å². The van der Waals surface area contributed by atoms with E-state index in [0.29, 0.717) is 11.4 Å². The Hall–Kier alpha value is -7.32. The van der Waals surface area contributed by atoms with E-state index in [1.165, 1.54) is 48.7 Å². The number of rotatable bonds is 5. The first kappa shape index (κ1) is 34.0. The van der Waals surface area contributed by atoms with E-state index in [0.717, 1.165) is 44.8 Å². The smallest absolute Gasteiger partial charge is 0.160 e. The molecule has 58 heavy (non-hydrogen) atoms. The van der Waals surface area contributed by atoms with Gasteiger partial charge in [-0.15, -0.1) is 0 Å². The third kappa shape index (κ3) is 5.36. The second-order valence-electron chi connectivity index (χ2n) is 14.8. The van der Waals surface area contributed by atoms with E-state index in [1.807, 2.05) is 60.3 Å². The monoisotopic (exact) mass is 755 g/mol. The van der Waals surface area contributed by atoms with Gasteiger partial charge in [-0.3, -0.25) is 0 Å². The lowest BCUT2D eigenvalue weighted by Gasteiger charge is -2.40. The molecule has 0 unspecified atom stereocenters. The summed E-state index contributed by atoms with van der Waals surface area (Å²) in [6.07, 6.45) is 0. The molecule has 0 amide bonds. The highest BCUT2D eigenvalue weighted by atomic mass is 32.2. The van der Waals surface area contributed by atoms with Crippen LogP contribution in [0.2, 0.25) is 0 Å². The molecule has 4 heteroatoms. The maximum atomic E-state index is 9.54. The number of fused-ring (bicyclic) bond motifs is 9. The minimum Gasteiger partial charge on any atom is -0.228 e. The quantitative estimate of drug-likeness (QED) is 0.175. The number of hydrogen-bond donors (Lipinski definition) is 0. The van der Waals surface area contributed by atoms with Gasteiger partial charge >= 0.3 is 0 Å². The van der Waals surface area contributed by atoms with Crippen molar-refractivity contribution < 1.29 is 0 Å². The zero-order valence-electron chi connectivity index (χ0n) is 31.3. The average molecular weight is 756 g/mol. The van der Waals surface area contributed by atoms with Gasteiger partial charge in [0, 0.05) is 26.5 Å². The van der Waals surface area contributed by atoms with E-state index < -0.39 is 5.41 Å². The summed E-state index contributed by atoms with van der Waals surface area (Å²) in [5.74, 6) is 0.696. The van der Waals surface area contributed by atoms with Gasteiger partial charge in [0.25, 0.3) is 0 Å². The highest BCUT2D eigenvalue weighted by molar-refractivity contribution is 7.99. The molecule has 1 aliphatic heterocycles. The van der Waals surface area contributed by atoms with Crippen LogP contribution in [0.25, 0.3) is 67.3 Å². The second kappa shape index (κ2) is 13.7. The number of benzene rings is 8. The standard InChI is InChI=1S/C54H33N3S/c55-34-35-22-24-37(25-23-35)42-18-11-21-47-52(42)58-51-31-30-41(32-48(51)54(47)45-19-9-7-16-43(45)44-17-8-10-20-46(44)54)36-26-28-40(29-27-36)53-56-49(38-12-3-1-4-13-38)33-50(57-53)39-14-5-2-6-15-39/h1-33H. The van der Waals surface area contributed by atoms with E-state index in [4.69, 9.17) is 9.97 Å². The Kier molecular flexibility index (Phi) is 8.03. The summed E-state index contributed by atoms with van der Waals surface area (Å²) in [5, 5.41) is 9.54. The Bertz CT molecular complexity index is 2970. The topological polar surface area (TPSA) is 49.6 Å². The van der Waals surface area contributed by atoms with E-state index in [1.54, 1.807) is 0 Å². The number of aromatic nitrogens is 2. The zero-order chi connectivity index (χ0) is 38.6. The molecule has 0 saturated carbocycles. The van der Waals surface area contributed by atoms with Crippen LogP contribution in [0.5, 0.6) is 0 Å². The first-order chi connectivity index (χ1) is 28.7. The first-order valence-electron chi connectivity index (χ1n) is 19.5. The summed E-state index contributed by atoms with van der Waals surface area (Å²) >= 11 is 1.85. The van der Waals surface area contributed by atoms with Crippen molar-refractivity contribution in [1.29, 1.82) is 5.26 Å². The molecule has 0 bridgehead atoms. The van der Waals surface area contributed by atoms with Crippen LogP contribution in [0, 0.1) is 11.3 Å². The lowest BCUT2D eigenvalue weighted by Crippen LogP contribution is -2.32. The Labute approximate surface area is 342 Å². The molecule has 0 fully saturated rings. The summed E-state index contributed by atoms with van der Waals surface area (Å²) < 4.78 is 0. The molecule has 2 aliphatic rings. The van der Waals surface area contributed by atoms with Gasteiger partial charge < -0.3 is 0 Å². The van der Waals surface area contributed by atoms with Gasteiger partial charge in [0.15, 0.2) is 5.82 Å². The predicted octanol–water partition coefficient (Wildman–Crippen LogP) is 13.5. The second-order valence-corrected chi connectivity index (χ2v) is 15.8. The normalized spacial score (nSPS) is 12.9. The average Bonchev–Trinajstić information content (AvgIpc) is 3.60. The van der Waals surface area contributed by atoms with E-state index in [2.05, 4.69) is 158 Å². The van der Waals surface area contributed by atoms with Gasteiger partial charge in [-0.25, -0.2) is 9.97 Å². The van der Waals surface area contributed by atoms with Gasteiger partial charge in [0.1, 0.15) is 0 Å². The molecule has 1 aliphatic carbocycles. The largest absolute Gasteiger partial charge is 0.228 e. The van der Waals surface area contributed by atoms with E-state index in [9.17, 15) is 5.26 Å². The van der Waals surface area contributed by atoms with Crippen LogP contribution in [-0.2, 0) is 5.41 Å². The highest BCUT2D eigenvalue weighted by Crippen LogP contribution is 2.63. The van der Waals surface area contributed by atoms with Crippen molar-refractivity contribution in [3.63, 3.8) is 0 Å². The molecule has 8 aromatic carbocycles. The van der Waals surface area contributed by atoms with Crippen LogP contribution < -0.4 is 0 Å². The van der Waals surface area contributed by atoms with Crippen molar-refractivity contribution in [2.45, 2.75) is 15.2 Å². The SMILES string of the molecule is N#Cc1ccc(-c2cccc3c2Sc2ccc(-c4ccc(-c5nc(-c6ccccc6)cc(-c6ccccc6)n5)cc4)cc2C32c3ccccc3-c3ccccc32)cc1. The van der Waals surface area contributed by atoms with Crippen molar-refractivity contribution in [2.24, 2.45) is 0 Å². The summed E-state index contributed by atoms with van der Waals surface area (Å²) in [6.45, 7) is 0. The zero-order valence-corrected chi connectivity index (χ0v) is 32.1. The molecule has 270 valence electrons. The third-order valence-electron chi connectivity index (χ3n) is 11.6. The fourth-order valence-corrected chi connectivity index (χ4v) is 10.3. The molecule has 0 N–H and O–H groups in total. The molecule has 3 nitrogen and oxygen atoms in total. The van der Waals surface area contributed by atoms with E-state index >= 15 is 0 Å². The molecule has 0 saturated heterocycles. The van der Waals surface area contributed by atoms with Gasteiger partial charge in [-0.05, 0) is 86.0 Å². The lowest BCUT2D eigenvalue weighted by atomic mass is 9.66. The minimum atomic E-state index is -0.527. The molecule has 0 radical (unpaired) electrons. The summed E-state index contributed by atoms with van der Waals surface area (Å²) in [6, 6.07) is 73.3. The maximum absolute atomic E-state index is 9.54. The molecular formula is C54H33N3S. The van der Waals surface area contributed by atoms with Gasteiger partial charge in [0.05, 0.1) is 28.4 Å². The predicted molar refractivity (Wildman–Crippen MR) is 235 cm³/mol. The van der Waals surface area contributed by atoms with Crippen LogP contribution in [0.4, 0.5) is 0 Å². The van der Waals surface area contributed by atoms with Crippen LogP contribution in [0.15, 0.2) is 210 Å². The van der Waals surface area contributed by atoms with Crippen molar-refractivity contribution in [3.05, 3.63) is 228 Å². The van der Waals surface area contributed by atoms with Crippen molar-refractivity contribution in [2.75, 3.05) is 0 Å². The van der Waals surface area contributed by atoms with Crippen LogP contribution in [0.3, 0.4) is 0 Å². The minimum absolute atomic E-state index is 0.527. The molecule has 0 atom stereocenters. The lowest BCUT2D eigenvalue weighted by molar-refractivity contribution is 0.723. The Balaban J connectivity index is 1.06. The van der Waals surface area contributed by atoms with Crippen molar-refractivity contribution in [1.82, 2.24) is 9.97 Å². The number of nitrogens with zero attached hydrogens (tertiary/aromatic N) is 3. The Morgan fingerprint density at radius 3 is 1.53 bits per heavy atom. The summed E-state index contributed by atoms with van der Waals surface area (Å²) in [4.78, 5) is 12.6. The molecule has 11 rings (SSSR count). The number of nitriles is 1. The van der Waals surface area contributed by atoms with Gasteiger partial charge in [0.2, 0.25) is 0 Å². The van der Waals surface area contributed by atoms with E-state index in [-0.39, 0.29) is 0 Å². The summed E-state index contributed by atoms with van der Waals surface area (Å²) in [7, 11) is 0. The highest BCUT2D eigenvalue weighted by Gasteiger charge is 2.50. The summed E-state index contributed by atoms with van der Waals surface area (Å²) in [5.41, 5.74) is 17.3. The first-order valence-corrected chi connectivity index (χ1v) is 20.3. The van der Waals surface area contributed by atoms with Crippen molar-refractivity contribution >= 4 is 11.8 Å². The van der Waals surface area contributed by atoms with Crippen molar-refractivity contribution in [3.8, 4) is 73.4 Å². The Morgan fingerprint density at radius 2 is 0.914 bits per heavy atom. The number of hydrogen-bond acceptors (Lipinski definition) is 4. The van der Waals surface area contributed by atoms with Crippen LogP contribution >= 0.6 is 11.8 Å². The fourth-order valence-electron chi connectivity index (χ4n) is 8.96. The van der Waals surface area contributed by atoms with Crippen LogP contribution in [-0.4, -0.2) is 9.97 Å². The molecule has 1 spiro atoms. The maximum Gasteiger partial charge on any atom is 0.160 e. The molecule has 2 heterocycles. The third-order valence-corrected chi connectivity index (χ3v) is 12.9. The molecular weight excluding hydrogens is 723 g/mol.